The van der Waals surface area contributed by atoms with E-state index in [0.29, 0.717) is 56.2 Å². The van der Waals surface area contributed by atoms with Crippen LogP contribution in [0.25, 0.3) is 39.1 Å². The van der Waals surface area contributed by atoms with E-state index in [0.717, 1.165) is 58.7 Å². The molecule has 0 bridgehead atoms. The molecule has 1 saturated carbocycles. The van der Waals surface area contributed by atoms with Crippen LogP contribution in [0.3, 0.4) is 0 Å². The highest BCUT2D eigenvalue weighted by Gasteiger charge is 2.45. The molecule has 266 valence electrons. The van der Waals surface area contributed by atoms with Crippen molar-refractivity contribution in [2.24, 2.45) is 5.41 Å². The van der Waals surface area contributed by atoms with Crippen LogP contribution >= 0.6 is 0 Å². The third-order valence-electron chi connectivity index (χ3n) is 10.3. The van der Waals surface area contributed by atoms with Crippen molar-refractivity contribution in [1.29, 1.82) is 0 Å². The first-order valence-corrected chi connectivity index (χ1v) is 17.5. The van der Waals surface area contributed by atoms with Gasteiger partial charge < -0.3 is 15.0 Å². The fourth-order valence-corrected chi connectivity index (χ4v) is 7.31. The van der Waals surface area contributed by atoms with Gasteiger partial charge in [-0.15, -0.1) is 0 Å². The number of likely N-dealkylation sites (tertiary alicyclic amines) is 1. The van der Waals surface area contributed by atoms with Crippen LogP contribution in [0.2, 0.25) is 0 Å². The summed E-state index contributed by atoms with van der Waals surface area (Å²) in [5, 5.41) is 11.7. The smallest absolute Gasteiger partial charge is 0.237 e. The number of hydrogen-bond acceptors (Lipinski definition) is 8. The van der Waals surface area contributed by atoms with Crippen LogP contribution in [0.5, 0.6) is 0 Å². The number of amides is 2. The van der Waals surface area contributed by atoms with Gasteiger partial charge in [-0.3, -0.25) is 24.6 Å². The number of fused-ring (bicyclic) bond motifs is 1. The number of H-pyrrole nitrogens is 1. The Bertz CT molecular complexity index is 2180. The minimum absolute atomic E-state index is 0.0298. The standard InChI is InChI=1S/C39H38F2N8O3/c1-52-23-39(38(51)45-29-5-7-33-31(18-29)36(47-46-33)27-8-12-42-34(17-27)25-2-3-25)11-15-48(22-39)21-35(50)49-13-9-24(10-14-49)26-4-6-30(32(41)16-26)37-43-19-28(40)20-44-37/h4-9,12,16-20,25H,2-3,10-11,13-15,21-23H2,1H3,(H,45,51)(H,46,47)/t39-/m1/s1. The van der Waals surface area contributed by atoms with Gasteiger partial charge in [-0.05, 0) is 85.8 Å². The van der Waals surface area contributed by atoms with Crippen molar-refractivity contribution in [1.82, 2.24) is 34.9 Å². The third kappa shape index (κ3) is 6.81. The molecule has 8 rings (SSSR count). The van der Waals surface area contributed by atoms with Crippen molar-refractivity contribution in [3.63, 3.8) is 0 Å². The van der Waals surface area contributed by atoms with Gasteiger partial charge in [0.05, 0.1) is 42.0 Å². The Kier molecular flexibility index (Phi) is 9.06. The number of pyridine rings is 1. The number of methoxy groups -OCH3 is 1. The molecule has 0 unspecified atom stereocenters. The number of aromatic amines is 1. The molecule has 3 aromatic heterocycles. The number of carbonyl (C=O) groups excluding carboxylic acids is 2. The number of anilines is 1. The minimum Gasteiger partial charge on any atom is -0.384 e. The first kappa shape index (κ1) is 33.7. The number of ether oxygens (including phenoxy) is 1. The van der Waals surface area contributed by atoms with Gasteiger partial charge in [-0.1, -0.05) is 12.1 Å². The molecule has 1 saturated heterocycles. The molecule has 0 radical (unpaired) electrons. The van der Waals surface area contributed by atoms with Crippen molar-refractivity contribution in [3.8, 4) is 22.6 Å². The average molecular weight is 705 g/mol. The Labute approximate surface area is 299 Å². The van der Waals surface area contributed by atoms with Crippen molar-refractivity contribution < 1.29 is 23.1 Å². The summed E-state index contributed by atoms with van der Waals surface area (Å²) in [5.74, 6) is -0.630. The number of benzene rings is 2. The van der Waals surface area contributed by atoms with Crippen LogP contribution in [0.4, 0.5) is 14.5 Å². The zero-order chi connectivity index (χ0) is 35.8. The first-order valence-electron chi connectivity index (χ1n) is 17.5. The third-order valence-corrected chi connectivity index (χ3v) is 10.3. The number of halogens is 2. The molecule has 1 aliphatic carbocycles. The van der Waals surface area contributed by atoms with Crippen LogP contribution < -0.4 is 5.32 Å². The molecule has 5 aromatic rings. The lowest BCUT2D eigenvalue weighted by Crippen LogP contribution is -2.45. The molecule has 2 aliphatic heterocycles. The molecule has 52 heavy (non-hydrogen) atoms. The summed E-state index contributed by atoms with van der Waals surface area (Å²) in [5.41, 5.74) is 5.45. The number of aromatic nitrogens is 5. The molecule has 2 aromatic carbocycles. The average Bonchev–Trinajstić information content (AvgIpc) is 3.81. The summed E-state index contributed by atoms with van der Waals surface area (Å²) in [4.78, 5) is 43.4. The second kappa shape index (κ2) is 14.0. The molecule has 2 N–H and O–H groups in total. The zero-order valence-corrected chi connectivity index (χ0v) is 28.7. The fraction of sp³-hybridized carbons (Fsp3) is 0.333. The van der Waals surface area contributed by atoms with Crippen LogP contribution in [0.1, 0.15) is 42.9 Å². The number of carbonyl (C=O) groups is 2. The molecule has 2 fully saturated rings. The number of hydrogen-bond donors (Lipinski definition) is 2. The Hall–Kier alpha value is -5.40. The molecular formula is C39H38F2N8O3. The predicted molar refractivity (Wildman–Crippen MR) is 192 cm³/mol. The molecule has 5 heterocycles. The van der Waals surface area contributed by atoms with E-state index in [-0.39, 0.29) is 36.4 Å². The molecule has 0 spiro atoms. The fourth-order valence-electron chi connectivity index (χ4n) is 7.31. The second-order valence-corrected chi connectivity index (χ2v) is 13.9. The lowest BCUT2D eigenvalue weighted by molar-refractivity contribution is -0.133. The van der Waals surface area contributed by atoms with Crippen molar-refractivity contribution in [3.05, 3.63) is 96.1 Å². The van der Waals surface area contributed by atoms with Crippen LogP contribution in [-0.2, 0) is 14.3 Å². The SMILES string of the molecule is COC[C@@]1(C(=O)Nc2ccc3[nH]nc(-c4ccnc(C5CC5)c4)c3c2)CCN(CC(=O)N2CC=C(c3ccc(-c4ncc(F)cn4)c(F)c3)CC2)C1. The van der Waals surface area contributed by atoms with E-state index < -0.39 is 17.0 Å². The van der Waals surface area contributed by atoms with E-state index in [9.17, 15) is 18.4 Å². The van der Waals surface area contributed by atoms with E-state index in [1.807, 2.05) is 41.4 Å². The maximum atomic E-state index is 15.0. The Balaban J connectivity index is 0.900. The van der Waals surface area contributed by atoms with Gasteiger partial charge >= 0.3 is 0 Å². The normalized spacial score (nSPS) is 19.2. The lowest BCUT2D eigenvalue weighted by atomic mass is 9.87. The van der Waals surface area contributed by atoms with Crippen LogP contribution in [0.15, 0.2) is 73.2 Å². The van der Waals surface area contributed by atoms with E-state index >= 15 is 0 Å². The number of nitrogens with one attached hydrogen (secondary N) is 2. The summed E-state index contributed by atoms with van der Waals surface area (Å²) in [7, 11) is 1.59. The quantitative estimate of drug-likeness (QED) is 0.186. The minimum atomic E-state index is -0.822. The molecule has 3 aliphatic rings. The zero-order valence-electron chi connectivity index (χ0n) is 28.7. The van der Waals surface area contributed by atoms with Gasteiger partial charge in [0.1, 0.15) is 11.5 Å². The monoisotopic (exact) mass is 704 g/mol. The Morgan fingerprint density at radius 1 is 1.02 bits per heavy atom. The maximum Gasteiger partial charge on any atom is 0.237 e. The summed E-state index contributed by atoms with van der Waals surface area (Å²) in [6, 6.07) is 14.6. The van der Waals surface area contributed by atoms with Gasteiger partial charge in [0.2, 0.25) is 11.8 Å². The van der Waals surface area contributed by atoms with Gasteiger partial charge in [0.25, 0.3) is 0 Å². The molecule has 1 atom stereocenters. The van der Waals surface area contributed by atoms with Crippen molar-refractivity contribution in [2.75, 3.05) is 51.8 Å². The number of rotatable bonds is 10. The summed E-state index contributed by atoms with van der Waals surface area (Å²) in [6.07, 6.45) is 9.23. The topological polar surface area (TPSA) is 129 Å². The highest BCUT2D eigenvalue weighted by molar-refractivity contribution is 6.00. The van der Waals surface area contributed by atoms with Gasteiger partial charge in [-0.2, -0.15) is 5.10 Å². The summed E-state index contributed by atoms with van der Waals surface area (Å²) in [6.45, 7) is 2.26. The van der Waals surface area contributed by atoms with Gasteiger partial charge in [0.15, 0.2) is 11.6 Å². The van der Waals surface area contributed by atoms with E-state index in [4.69, 9.17) is 4.74 Å². The molecule has 11 nitrogen and oxygen atoms in total. The first-order chi connectivity index (χ1) is 25.3. The number of nitrogens with zero attached hydrogens (tertiary/aromatic N) is 6. The maximum absolute atomic E-state index is 15.0. The second-order valence-electron chi connectivity index (χ2n) is 13.9. The van der Waals surface area contributed by atoms with Gasteiger partial charge in [-0.25, -0.2) is 18.7 Å². The van der Waals surface area contributed by atoms with Crippen molar-refractivity contribution in [2.45, 2.75) is 31.6 Å². The molecule has 2 amide bonds. The van der Waals surface area contributed by atoms with Crippen LogP contribution in [-0.4, -0.2) is 93.2 Å². The summed E-state index contributed by atoms with van der Waals surface area (Å²) < 4.78 is 33.7. The highest BCUT2D eigenvalue weighted by Crippen LogP contribution is 2.40. The van der Waals surface area contributed by atoms with E-state index in [1.165, 1.54) is 6.07 Å². The Morgan fingerprint density at radius 3 is 2.62 bits per heavy atom. The lowest BCUT2D eigenvalue weighted by Gasteiger charge is -2.30. The highest BCUT2D eigenvalue weighted by atomic mass is 19.1. The largest absolute Gasteiger partial charge is 0.384 e. The van der Waals surface area contributed by atoms with Crippen molar-refractivity contribution >= 4 is 34.0 Å². The van der Waals surface area contributed by atoms with Gasteiger partial charge in [0, 0.05) is 61.2 Å². The van der Waals surface area contributed by atoms with E-state index in [1.54, 1.807) is 24.1 Å². The van der Waals surface area contributed by atoms with E-state index in [2.05, 4.69) is 36.5 Å². The summed E-state index contributed by atoms with van der Waals surface area (Å²) >= 11 is 0. The van der Waals surface area contributed by atoms with Crippen LogP contribution in [0, 0.1) is 17.0 Å². The Morgan fingerprint density at radius 2 is 1.87 bits per heavy atom. The predicted octanol–water partition coefficient (Wildman–Crippen LogP) is 5.83. The molecular weight excluding hydrogens is 666 g/mol. The molecule has 13 heteroatoms.